The first kappa shape index (κ1) is 9.80. The zero-order valence-corrected chi connectivity index (χ0v) is 9.55. The molecule has 1 aromatic carbocycles. The molecular formula is C14H15NO. The number of benzene rings is 1. The summed E-state index contributed by atoms with van der Waals surface area (Å²) in [5.74, 6) is 0.728. The average Bonchev–Trinajstić information content (AvgIpc) is 3.01. The van der Waals surface area contributed by atoms with Crippen LogP contribution in [0.3, 0.4) is 0 Å². The highest BCUT2D eigenvalue weighted by Gasteiger charge is 2.29. The van der Waals surface area contributed by atoms with Crippen LogP contribution < -0.4 is 0 Å². The topological polar surface area (TPSA) is 29.4 Å². The van der Waals surface area contributed by atoms with E-state index in [4.69, 9.17) is 0 Å². The van der Waals surface area contributed by atoms with Gasteiger partial charge in [-0.1, -0.05) is 6.07 Å². The van der Waals surface area contributed by atoms with Gasteiger partial charge in [0.05, 0.1) is 5.69 Å². The Balaban J connectivity index is 2.23. The van der Waals surface area contributed by atoms with E-state index in [0.29, 0.717) is 0 Å². The largest absolute Gasteiger partial charge is 0.240 e. The van der Waals surface area contributed by atoms with E-state index in [0.717, 1.165) is 24.4 Å². The summed E-state index contributed by atoms with van der Waals surface area (Å²) in [7, 11) is 0. The Morgan fingerprint density at radius 2 is 2.19 bits per heavy atom. The van der Waals surface area contributed by atoms with E-state index in [9.17, 15) is 4.79 Å². The van der Waals surface area contributed by atoms with Crippen LogP contribution in [-0.4, -0.2) is 6.08 Å². The molecule has 0 bridgehead atoms. The number of aryl methyl sites for hydroxylation is 1. The maximum Gasteiger partial charge on any atom is 0.240 e. The molecule has 0 heterocycles. The van der Waals surface area contributed by atoms with Crippen molar-refractivity contribution in [3.05, 3.63) is 28.3 Å². The van der Waals surface area contributed by atoms with Gasteiger partial charge in [-0.2, -0.15) is 4.99 Å². The van der Waals surface area contributed by atoms with Crippen LogP contribution in [0.15, 0.2) is 11.1 Å². The molecule has 0 spiro atoms. The van der Waals surface area contributed by atoms with Crippen LogP contribution in [0.1, 0.15) is 47.4 Å². The molecular weight excluding hydrogens is 198 g/mol. The number of carbonyl (C=O) groups excluding carboxylic acids is 1. The summed E-state index contributed by atoms with van der Waals surface area (Å²) in [5.41, 5.74) is 6.28. The van der Waals surface area contributed by atoms with Crippen molar-refractivity contribution in [2.75, 3.05) is 0 Å². The fraction of sp³-hybridized carbons (Fsp3) is 0.500. The molecule has 1 saturated carbocycles. The van der Waals surface area contributed by atoms with Gasteiger partial charge in [-0.25, -0.2) is 4.79 Å². The molecule has 0 radical (unpaired) electrons. The van der Waals surface area contributed by atoms with Crippen LogP contribution in [0, 0.1) is 6.92 Å². The second-order valence-corrected chi connectivity index (χ2v) is 4.91. The number of aliphatic imine (C=N–C) groups is 1. The summed E-state index contributed by atoms with van der Waals surface area (Å²) < 4.78 is 0. The van der Waals surface area contributed by atoms with E-state index in [2.05, 4.69) is 18.0 Å². The van der Waals surface area contributed by atoms with Gasteiger partial charge in [0.25, 0.3) is 0 Å². The second kappa shape index (κ2) is 3.57. The van der Waals surface area contributed by atoms with E-state index in [1.54, 1.807) is 6.08 Å². The van der Waals surface area contributed by atoms with Crippen molar-refractivity contribution in [2.45, 2.75) is 44.9 Å². The fourth-order valence-corrected chi connectivity index (χ4v) is 2.87. The SMILES string of the molecule is Cc1c(C2CC2)cc2c(c1N=C=O)CCC2. The van der Waals surface area contributed by atoms with Crippen molar-refractivity contribution in [1.82, 2.24) is 0 Å². The van der Waals surface area contributed by atoms with Gasteiger partial charge in [0, 0.05) is 0 Å². The molecule has 0 aromatic heterocycles. The van der Waals surface area contributed by atoms with Gasteiger partial charge in [-0.15, -0.1) is 0 Å². The van der Waals surface area contributed by atoms with Gasteiger partial charge in [0.2, 0.25) is 6.08 Å². The summed E-state index contributed by atoms with van der Waals surface area (Å²) in [6.45, 7) is 2.10. The normalized spacial score (nSPS) is 18.1. The van der Waals surface area contributed by atoms with Gasteiger partial charge < -0.3 is 0 Å². The third-order valence-electron chi connectivity index (χ3n) is 3.84. The Hall–Kier alpha value is -1.40. The molecule has 0 atom stereocenters. The molecule has 0 amide bonds. The number of fused-ring (bicyclic) bond motifs is 1. The fourth-order valence-electron chi connectivity index (χ4n) is 2.87. The predicted molar refractivity (Wildman–Crippen MR) is 63.0 cm³/mol. The van der Waals surface area contributed by atoms with E-state index < -0.39 is 0 Å². The summed E-state index contributed by atoms with van der Waals surface area (Å²) in [4.78, 5) is 14.5. The maximum absolute atomic E-state index is 10.5. The van der Waals surface area contributed by atoms with Crippen molar-refractivity contribution in [3.63, 3.8) is 0 Å². The summed E-state index contributed by atoms with van der Waals surface area (Å²) in [5, 5.41) is 0. The Labute approximate surface area is 95.4 Å². The molecule has 1 aromatic rings. The minimum atomic E-state index is 0.728. The van der Waals surface area contributed by atoms with Crippen molar-refractivity contribution >= 4 is 11.8 Å². The van der Waals surface area contributed by atoms with E-state index >= 15 is 0 Å². The smallest absolute Gasteiger partial charge is 0.211 e. The van der Waals surface area contributed by atoms with Crippen molar-refractivity contribution in [2.24, 2.45) is 4.99 Å². The lowest BCUT2D eigenvalue weighted by molar-refractivity contribution is 0.565. The number of rotatable bonds is 2. The molecule has 2 aliphatic rings. The van der Waals surface area contributed by atoms with Gasteiger partial charge in [0.15, 0.2) is 0 Å². The van der Waals surface area contributed by atoms with Crippen molar-refractivity contribution in [1.29, 1.82) is 0 Å². The second-order valence-electron chi connectivity index (χ2n) is 4.91. The minimum Gasteiger partial charge on any atom is -0.211 e. The minimum absolute atomic E-state index is 0.728. The van der Waals surface area contributed by atoms with Crippen LogP contribution in [0.25, 0.3) is 0 Å². The summed E-state index contributed by atoms with van der Waals surface area (Å²) in [6, 6.07) is 2.36. The lowest BCUT2D eigenvalue weighted by Gasteiger charge is -2.12. The van der Waals surface area contributed by atoms with Crippen molar-refractivity contribution < 1.29 is 4.79 Å². The van der Waals surface area contributed by atoms with Gasteiger partial charge in [-0.3, -0.25) is 0 Å². The highest BCUT2D eigenvalue weighted by molar-refractivity contribution is 5.65. The molecule has 0 unspecified atom stereocenters. The van der Waals surface area contributed by atoms with E-state index in [1.807, 2.05) is 0 Å². The predicted octanol–water partition coefficient (Wildman–Crippen LogP) is 3.33. The van der Waals surface area contributed by atoms with E-state index in [-0.39, 0.29) is 0 Å². The highest BCUT2D eigenvalue weighted by atomic mass is 16.1. The molecule has 0 saturated heterocycles. The Morgan fingerprint density at radius 1 is 1.38 bits per heavy atom. The average molecular weight is 213 g/mol. The van der Waals surface area contributed by atoms with Gasteiger partial charge >= 0.3 is 0 Å². The first-order chi connectivity index (χ1) is 7.81. The zero-order valence-electron chi connectivity index (χ0n) is 9.55. The standard InChI is InChI=1S/C14H15NO/c1-9-13(10-5-6-10)7-11-3-2-4-12(11)14(9)15-8-16/h7,10H,2-6H2,1H3. The highest BCUT2D eigenvalue weighted by Crippen LogP contribution is 2.46. The Bertz CT molecular complexity index is 494. The van der Waals surface area contributed by atoms with E-state index in [1.165, 1.54) is 41.5 Å². The number of nitrogens with zero attached hydrogens (tertiary/aromatic N) is 1. The van der Waals surface area contributed by atoms with Crippen LogP contribution in [0.2, 0.25) is 0 Å². The monoisotopic (exact) mass is 213 g/mol. The zero-order chi connectivity index (χ0) is 11.1. The molecule has 82 valence electrons. The molecule has 2 aliphatic carbocycles. The third kappa shape index (κ3) is 1.42. The maximum atomic E-state index is 10.5. The number of hydrogen-bond acceptors (Lipinski definition) is 2. The lowest BCUT2D eigenvalue weighted by Crippen LogP contribution is -1.93. The first-order valence-electron chi connectivity index (χ1n) is 6.04. The van der Waals surface area contributed by atoms with Crippen LogP contribution in [-0.2, 0) is 17.6 Å². The third-order valence-corrected chi connectivity index (χ3v) is 3.84. The quantitative estimate of drug-likeness (QED) is 0.547. The summed E-state index contributed by atoms with van der Waals surface area (Å²) in [6.07, 6.45) is 7.73. The molecule has 2 nitrogen and oxygen atoms in total. The molecule has 1 fully saturated rings. The van der Waals surface area contributed by atoms with Crippen LogP contribution >= 0.6 is 0 Å². The molecule has 0 N–H and O–H groups in total. The molecule has 0 aliphatic heterocycles. The number of isocyanates is 1. The van der Waals surface area contributed by atoms with Crippen LogP contribution in [0.4, 0.5) is 5.69 Å². The Morgan fingerprint density at radius 3 is 2.88 bits per heavy atom. The summed E-state index contributed by atoms with van der Waals surface area (Å²) >= 11 is 0. The van der Waals surface area contributed by atoms with Gasteiger partial charge in [-0.05, 0) is 67.2 Å². The molecule has 3 rings (SSSR count). The number of hydrogen-bond donors (Lipinski definition) is 0. The molecule has 16 heavy (non-hydrogen) atoms. The van der Waals surface area contributed by atoms with Crippen molar-refractivity contribution in [3.8, 4) is 0 Å². The van der Waals surface area contributed by atoms with Gasteiger partial charge in [0.1, 0.15) is 0 Å². The first-order valence-corrected chi connectivity index (χ1v) is 6.04. The lowest BCUT2D eigenvalue weighted by atomic mass is 9.95. The Kier molecular flexibility index (Phi) is 2.19. The molecule has 2 heteroatoms. The van der Waals surface area contributed by atoms with Crippen LogP contribution in [0.5, 0.6) is 0 Å².